The Labute approximate surface area is 121 Å². The van der Waals surface area contributed by atoms with E-state index < -0.39 is 17.9 Å². The summed E-state index contributed by atoms with van der Waals surface area (Å²) in [5.41, 5.74) is 0.282. The first kappa shape index (κ1) is 17.1. The van der Waals surface area contributed by atoms with Gasteiger partial charge < -0.3 is 5.11 Å². The standard InChI is InChI=1S/C17H26F2O/c1-5-6-7-14-8-10-15(11-9-14)17(20,12(2)3)13(4)16(18)19/h8-13,16,20H,5-7H2,1-4H3. The zero-order valence-electron chi connectivity index (χ0n) is 12.9. The number of benzene rings is 1. The summed E-state index contributed by atoms with van der Waals surface area (Å²) in [6.45, 7) is 7.11. The highest BCUT2D eigenvalue weighted by molar-refractivity contribution is 5.28. The zero-order chi connectivity index (χ0) is 15.3. The van der Waals surface area contributed by atoms with E-state index in [1.165, 1.54) is 12.5 Å². The zero-order valence-corrected chi connectivity index (χ0v) is 12.9. The molecule has 0 heterocycles. The van der Waals surface area contributed by atoms with Crippen LogP contribution in [0.2, 0.25) is 0 Å². The summed E-state index contributed by atoms with van der Waals surface area (Å²) in [5, 5.41) is 10.8. The SMILES string of the molecule is CCCCc1ccc(C(O)(C(C)C)C(C)C(F)F)cc1. The summed E-state index contributed by atoms with van der Waals surface area (Å²) >= 11 is 0. The van der Waals surface area contributed by atoms with Crippen molar-refractivity contribution in [2.24, 2.45) is 11.8 Å². The molecule has 0 spiro atoms. The van der Waals surface area contributed by atoms with Crippen LogP contribution in [0.25, 0.3) is 0 Å². The highest BCUT2D eigenvalue weighted by Crippen LogP contribution is 2.39. The van der Waals surface area contributed by atoms with Crippen molar-refractivity contribution in [2.45, 2.75) is 59.0 Å². The molecule has 3 heteroatoms. The van der Waals surface area contributed by atoms with Gasteiger partial charge >= 0.3 is 0 Å². The summed E-state index contributed by atoms with van der Waals surface area (Å²) in [6.07, 6.45) is 0.685. The van der Waals surface area contributed by atoms with Gasteiger partial charge in [0.15, 0.2) is 0 Å². The molecule has 0 saturated heterocycles. The van der Waals surface area contributed by atoms with E-state index in [4.69, 9.17) is 0 Å². The quantitative estimate of drug-likeness (QED) is 0.764. The van der Waals surface area contributed by atoms with Gasteiger partial charge in [-0.1, -0.05) is 58.4 Å². The van der Waals surface area contributed by atoms with Crippen molar-refractivity contribution in [1.82, 2.24) is 0 Å². The topological polar surface area (TPSA) is 20.2 Å². The number of aryl methyl sites for hydroxylation is 1. The Bertz CT molecular complexity index is 400. The van der Waals surface area contributed by atoms with E-state index in [2.05, 4.69) is 6.92 Å². The lowest BCUT2D eigenvalue weighted by atomic mass is 9.74. The van der Waals surface area contributed by atoms with Crippen molar-refractivity contribution < 1.29 is 13.9 Å². The smallest absolute Gasteiger partial charge is 0.244 e. The van der Waals surface area contributed by atoms with Gasteiger partial charge in [-0.3, -0.25) is 0 Å². The van der Waals surface area contributed by atoms with Crippen molar-refractivity contribution in [3.05, 3.63) is 35.4 Å². The van der Waals surface area contributed by atoms with Crippen LogP contribution in [0.1, 0.15) is 51.7 Å². The van der Waals surface area contributed by atoms with E-state index in [1.807, 2.05) is 12.1 Å². The minimum atomic E-state index is -2.54. The Kier molecular flexibility index (Phi) is 6.12. The fourth-order valence-electron chi connectivity index (χ4n) is 2.63. The fraction of sp³-hybridized carbons (Fsp3) is 0.647. The molecule has 1 aromatic carbocycles. The largest absolute Gasteiger partial charge is 0.384 e. The molecule has 114 valence electrons. The molecule has 0 aliphatic rings. The van der Waals surface area contributed by atoms with Crippen molar-refractivity contribution in [2.75, 3.05) is 0 Å². The predicted molar refractivity (Wildman–Crippen MR) is 79.0 cm³/mol. The van der Waals surface area contributed by atoms with Gasteiger partial charge in [0.1, 0.15) is 0 Å². The summed E-state index contributed by atoms with van der Waals surface area (Å²) in [4.78, 5) is 0. The van der Waals surface area contributed by atoms with Crippen LogP contribution in [0.15, 0.2) is 24.3 Å². The van der Waals surface area contributed by atoms with E-state index in [9.17, 15) is 13.9 Å². The van der Waals surface area contributed by atoms with Crippen LogP contribution in [0, 0.1) is 11.8 Å². The number of alkyl halides is 2. The molecule has 0 saturated carbocycles. The Hall–Kier alpha value is -0.960. The number of halogens is 2. The Balaban J connectivity index is 3.04. The first-order valence-electron chi connectivity index (χ1n) is 7.43. The van der Waals surface area contributed by atoms with Gasteiger partial charge in [0.05, 0.1) is 11.5 Å². The molecule has 1 N–H and O–H groups in total. The maximum Gasteiger partial charge on any atom is 0.244 e. The van der Waals surface area contributed by atoms with Crippen LogP contribution >= 0.6 is 0 Å². The van der Waals surface area contributed by atoms with Gasteiger partial charge in [-0.25, -0.2) is 8.78 Å². The number of hydrogen-bond donors (Lipinski definition) is 1. The van der Waals surface area contributed by atoms with Crippen LogP contribution in [-0.2, 0) is 12.0 Å². The van der Waals surface area contributed by atoms with Crippen LogP contribution in [0.3, 0.4) is 0 Å². The maximum atomic E-state index is 13.1. The number of hydrogen-bond acceptors (Lipinski definition) is 1. The molecule has 0 fully saturated rings. The molecule has 1 nitrogen and oxygen atoms in total. The minimum absolute atomic E-state index is 0.270. The van der Waals surface area contributed by atoms with E-state index in [0.29, 0.717) is 5.56 Å². The normalized spacial score (nSPS) is 16.4. The lowest BCUT2D eigenvalue weighted by Crippen LogP contribution is -2.42. The number of aliphatic hydroxyl groups is 1. The molecule has 0 aliphatic carbocycles. The second-order valence-corrected chi connectivity index (χ2v) is 5.90. The third kappa shape index (κ3) is 3.57. The molecule has 20 heavy (non-hydrogen) atoms. The lowest BCUT2D eigenvalue weighted by molar-refractivity contribution is -0.112. The van der Waals surface area contributed by atoms with Crippen molar-refractivity contribution in [3.63, 3.8) is 0 Å². The Morgan fingerprint density at radius 1 is 1.10 bits per heavy atom. The van der Waals surface area contributed by atoms with Gasteiger partial charge in [-0.2, -0.15) is 0 Å². The molecule has 0 aromatic heterocycles. The predicted octanol–water partition coefficient (Wildman–Crippen LogP) is 4.77. The van der Waals surface area contributed by atoms with Gasteiger partial charge in [-0.15, -0.1) is 0 Å². The van der Waals surface area contributed by atoms with Crippen molar-refractivity contribution >= 4 is 0 Å². The second kappa shape index (κ2) is 7.16. The van der Waals surface area contributed by atoms with Crippen LogP contribution < -0.4 is 0 Å². The van der Waals surface area contributed by atoms with Gasteiger partial charge in [0, 0.05) is 0 Å². The molecule has 0 bridgehead atoms. The molecule has 2 atom stereocenters. The summed E-state index contributed by atoms with van der Waals surface area (Å²) < 4.78 is 26.1. The number of rotatable bonds is 7. The van der Waals surface area contributed by atoms with E-state index >= 15 is 0 Å². The number of unbranched alkanes of at least 4 members (excludes halogenated alkanes) is 1. The Morgan fingerprint density at radius 2 is 1.65 bits per heavy atom. The lowest BCUT2D eigenvalue weighted by Gasteiger charge is -2.38. The summed E-state index contributed by atoms with van der Waals surface area (Å²) in [5.74, 6) is -1.36. The second-order valence-electron chi connectivity index (χ2n) is 5.90. The third-order valence-corrected chi connectivity index (χ3v) is 4.19. The van der Waals surface area contributed by atoms with Crippen LogP contribution in [0.5, 0.6) is 0 Å². The average molecular weight is 284 g/mol. The molecule has 1 rings (SSSR count). The highest BCUT2D eigenvalue weighted by atomic mass is 19.3. The Morgan fingerprint density at radius 3 is 2.05 bits per heavy atom. The van der Waals surface area contributed by atoms with E-state index in [1.54, 1.807) is 26.0 Å². The fourth-order valence-corrected chi connectivity index (χ4v) is 2.63. The molecule has 0 aliphatic heterocycles. The third-order valence-electron chi connectivity index (χ3n) is 4.19. The summed E-state index contributed by atoms with van der Waals surface area (Å²) in [7, 11) is 0. The average Bonchev–Trinajstić information content (AvgIpc) is 2.43. The van der Waals surface area contributed by atoms with Crippen LogP contribution in [-0.4, -0.2) is 11.5 Å². The molecule has 1 aromatic rings. The molecule has 0 amide bonds. The van der Waals surface area contributed by atoms with Crippen molar-refractivity contribution in [3.8, 4) is 0 Å². The van der Waals surface area contributed by atoms with E-state index in [-0.39, 0.29) is 5.92 Å². The molecule has 0 radical (unpaired) electrons. The van der Waals surface area contributed by atoms with Gasteiger partial charge in [0.2, 0.25) is 6.43 Å². The van der Waals surface area contributed by atoms with Crippen molar-refractivity contribution in [1.29, 1.82) is 0 Å². The minimum Gasteiger partial charge on any atom is -0.384 e. The molecular formula is C17H26F2O. The highest BCUT2D eigenvalue weighted by Gasteiger charge is 2.43. The maximum absolute atomic E-state index is 13.1. The van der Waals surface area contributed by atoms with E-state index in [0.717, 1.165) is 19.3 Å². The molecular weight excluding hydrogens is 258 g/mol. The van der Waals surface area contributed by atoms with Crippen LogP contribution in [0.4, 0.5) is 8.78 Å². The monoisotopic (exact) mass is 284 g/mol. The van der Waals surface area contributed by atoms with Gasteiger partial charge in [0.25, 0.3) is 0 Å². The van der Waals surface area contributed by atoms with Gasteiger partial charge in [-0.05, 0) is 29.9 Å². The molecule has 2 unspecified atom stereocenters. The first-order valence-corrected chi connectivity index (χ1v) is 7.43. The summed E-state index contributed by atoms with van der Waals surface area (Å²) in [6, 6.07) is 7.47. The first-order chi connectivity index (χ1) is 9.33.